The molecule has 2 aromatic rings. The summed E-state index contributed by atoms with van der Waals surface area (Å²) in [6.07, 6.45) is 7.47. The maximum atomic E-state index is 4.35. The highest BCUT2D eigenvalue weighted by Gasteiger charge is 2.08. The first-order valence-corrected chi connectivity index (χ1v) is 5.84. The van der Waals surface area contributed by atoms with Crippen molar-refractivity contribution in [2.75, 3.05) is 7.05 Å². The van der Waals surface area contributed by atoms with Crippen LogP contribution in [0.25, 0.3) is 0 Å². The first-order valence-electron chi connectivity index (χ1n) is 5.84. The molecule has 0 aliphatic carbocycles. The molecule has 0 bridgehead atoms. The van der Waals surface area contributed by atoms with Crippen molar-refractivity contribution >= 4 is 0 Å². The summed E-state index contributed by atoms with van der Waals surface area (Å²) in [6.45, 7) is 0. The van der Waals surface area contributed by atoms with E-state index in [-0.39, 0.29) is 0 Å². The molecule has 1 atom stereocenters. The number of hydrogen-bond donors (Lipinski definition) is 1. The van der Waals surface area contributed by atoms with Crippen LogP contribution in [0.4, 0.5) is 0 Å². The minimum absolute atomic E-state index is 0.397. The van der Waals surface area contributed by atoms with Gasteiger partial charge in [-0.1, -0.05) is 12.1 Å². The summed E-state index contributed by atoms with van der Waals surface area (Å²) < 4.78 is 0. The summed E-state index contributed by atoms with van der Waals surface area (Å²) in [4.78, 5) is 8.49. The van der Waals surface area contributed by atoms with E-state index in [1.54, 1.807) is 6.20 Å². The molecular weight excluding hydrogens is 210 g/mol. The van der Waals surface area contributed by atoms with Gasteiger partial charge < -0.3 is 5.32 Å². The molecule has 1 unspecified atom stereocenters. The smallest absolute Gasteiger partial charge is 0.0419 e. The lowest BCUT2D eigenvalue weighted by Crippen LogP contribution is -2.30. The number of nitrogens with one attached hydrogen (secondary N) is 1. The second kappa shape index (κ2) is 6.11. The van der Waals surface area contributed by atoms with Crippen LogP contribution in [-0.2, 0) is 12.8 Å². The zero-order valence-electron chi connectivity index (χ0n) is 10.0. The molecule has 0 aromatic carbocycles. The predicted octanol–water partition coefficient (Wildman–Crippen LogP) is 1.85. The van der Waals surface area contributed by atoms with Crippen LogP contribution in [0, 0.1) is 0 Å². The van der Waals surface area contributed by atoms with Crippen LogP contribution in [-0.4, -0.2) is 23.1 Å². The molecular formula is C14H17N3. The average Bonchev–Trinajstić information content (AvgIpc) is 2.40. The van der Waals surface area contributed by atoms with E-state index in [1.807, 2.05) is 37.6 Å². The summed E-state index contributed by atoms with van der Waals surface area (Å²) >= 11 is 0. The maximum absolute atomic E-state index is 4.35. The zero-order chi connectivity index (χ0) is 11.9. The highest BCUT2D eigenvalue weighted by Crippen LogP contribution is 2.06. The van der Waals surface area contributed by atoms with Gasteiger partial charge in [-0.25, -0.2) is 0 Å². The molecule has 0 radical (unpaired) electrons. The zero-order valence-corrected chi connectivity index (χ0v) is 10.0. The predicted molar refractivity (Wildman–Crippen MR) is 68.7 cm³/mol. The Morgan fingerprint density at radius 2 is 2.06 bits per heavy atom. The van der Waals surface area contributed by atoms with E-state index in [0.717, 1.165) is 18.5 Å². The van der Waals surface area contributed by atoms with Crippen molar-refractivity contribution in [1.29, 1.82) is 0 Å². The van der Waals surface area contributed by atoms with E-state index in [0.29, 0.717) is 6.04 Å². The van der Waals surface area contributed by atoms with Crippen LogP contribution >= 0.6 is 0 Å². The van der Waals surface area contributed by atoms with Crippen molar-refractivity contribution in [3.63, 3.8) is 0 Å². The molecule has 0 saturated heterocycles. The Kier molecular flexibility index (Phi) is 4.22. The van der Waals surface area contributed by atoms with Gasteiger partial charge in [0, 0.05) is 36.7 Å². The minimum atomic E-state index is 0.397. The topological polar surface area (TPSA) is 37.8 Å². The van der Waals surface area contributed by atoms with Gasteiger partial charge in [-0.2, -0.15) is 0 Å². The standard InChI is InChI=1S/C14H17N3/c1-15-14(9-12-5-4-7-16-11-12)10-13-6-2-3-8-17-13/h2-8,11,14-15H,9-10H2,1H3. The van der Waals surface area contributed by atoms with Crippen LogP contribution < -0.4 is 5.32 Å². The van der Waals surface area contributed by atoms with Crippen LogP contribution in [0.1, 0.15) is 11.3 Å². The van der Waals surface area contributed by atoms with Gasteiger partial charge in [0.25, 0.3) is 0 Å². The maximum Gasteiger partial charge on any atom is 0.0419 e. The third-order valence-corrected chi connectivity index (χ3v) is 2.79. The van der Waals surface area contributed by atoms with E-state index in [1.165, 1.54) is 5.56 Å². The lowest BCUT2D eigenvalue weighted by Gasteiger charge is -2.15. The largest absolute Gasteiger partial charge is 0.316 e. The van der Waals surface area contributed by atoms with Crippen molar-refractivity contribution in [3.05, 3.63) is 60.2 Å². The van der Waals surface area contributed by atoms with Crippen molar-refractivity contribution in [3.8, 4) is 0 Å². The van der Waals surface area contributed by atoms with Crippen LogP contribution in [0.15, 0.2) is 48.9 Å². The fourth-order valence-electron chi connectivity index (χ4n) is 1.85. The Bertz CT molecular complexity index is 386. The third kappa shape index (κ3) is 3.64. The summed E-state index contributed by atoms with van der Waals surface area (Å²) in [5, 5.41) is 3.33. The van der Waals surface area contributed by atoms with E-state index >= 15 is 0 Å². The van der Waals surface area contributed by atoms with E-state index in [4.69, 9.17) is 0 Å². The second-order valence-electron chi connectivity index (χ2n) is 4.08. The van der Waals surface area contributed by atoms with Gasteiger partial charge in [-0.15, -0.1) is 0 Å². The first-order chi connectivity index (χ1) is 8.38. The molecule has 3 heteroatoms. The van der Waals surface area contributed by atoms with Gasteiger partial charge in [-0.05, 0) is 37.2 Å². The molecule has 17 heavy (non-hydrogen) atoms. The van der Waals surface area contributed by atoms with Gasteiger partial charge in [-0.3, -0.25) is 9.97 Å². The summed E-state index contributed by atoms with van der Waals surface area (Å²) in [5.41, 5.74) is 2.37. The van der Waals surface area contributed by atoms with Gasteiger partial charge >= 0.3 is 0 Å². The molecule has 2 rings (SSSR count). The van der Waals surface area contributed by atoms with Gasteiger partial charge in [0.05, 0.1) is 0 Å². The average molecular weight is 227 g/mol. The lowest BCUT2D eigenvalue weighted by molar-refractivity contribution is 0.549. The molecule has 0 aliphatic heterocycles. The fraction of sp³-hybridized carbons (Fsp3) is 0.286. The number of hydrogen-bond acceptors (Lipinski definition) is 3. The molecule has 2 aromatic heterocycles. The van der Waals surface area contributed by atoms with E-state index < -0.39 is 0 Å². The third-order valence-electron chi connectivity index (χ3n) is 2.79. The van der Waals surface area contributed by atoms with Gasteiger partial charge in [0.1, 0.15) is 0 Å². The molecule has 88 valence electrons. The number of pyridine rings is 2. The second-order valence-corrected chi connectivity index (χ2v) is 4.08. The summed E-state index contributed by atoms with van der Waals surface area (Å²) in [5.74, 6) is 0. The SMILES string of the molecule is CNC(Cc1cccnc1)Cc1ccccn1. The lowest BCUT2D eigenvalue weighted by atomic mass is 10.0. The molecule has 0 spiro atoms. The molecule has 0 fully saturated rings. The van der Waals surface area contributed by atoms with E-state index in [9.17, 15) is 0 Å². The molecule has 0 aliphatic rings. The van der Waals surface area contributed by atoms with Crippen LogP contribution in [0.3, 0.4) is 0 Å². The van der Waals surface area contributed by atoms with E-state index in [2.05, 4.69) is 27.4 Å². The highest BCUT2D eigenvalue weighted by molar-refractivity contribution is 5.12. The van der Waals surface area contributed by atoms with Gasteiger partial charge in [0.15, 0.2) is 0 Å². The molecule has 2 heterocycles. The van der Waals surface area contributed by atoms with Crippen molar-refractivity contribution < 1.29 is 0 Å². The molecule has 1 N–H and O–H groups in total. The monoisotopic (exact) mass is 227 g/mol. The summed E-state index contributed by atoms with van der Waals surface area (Å²) in [7, 11) is 1.99. The normalized spacial score (nSPS) is 12.3. The molecule has 0 amide bonds. The van der Waals surface area contributed by atoms with Crippen molar-refractivity contribution in [1.82, 2.24) is 15.3 Å². The molecule has 0 saturated carbocycles. The van der Waals surface area contributed by atoms with Crippen molar-refractivity contribution in [2.24, 2.45) is 0 Å². The Morgan fingerprint density at radius 3 is 2.71 bits per heavy atom. The number of aromatic nitrogens is 2. The van der Waals surface area contributed by atoms with Gasteiger partial charge in [0.2, 0.25) is 0 Å². The molecule has 3 nitrogen and oxygen atoms in total. The number of likely N-dealkylation sites (N-methyl/N-ethyl adjacent to an activating group) is 1. The van der Waals surface area contributed by atoms with Crippen molar-refractivity contribution in [2.45, 2.75) is 18.9 Å². The minimum Gasteiger partial charge on any atom is -0.316 e. The fourth-order valence-corrected chi connectivity index (χ4v) is 1.85. The number of rotatable bonds is 5. The Hall–Kier alpha value is -1.74. The number of nitrogens with zero attached hydrogens (tertiary/aromatic N) is 2. The first kappa shape index (κ1) is 11.7. The quantitative estimate of drug-likeness (QED) is 0.847. The van der Waals surface area contributed by atoms with Crippen LogP contribution in [0.5, 0.6) is 0 Å². The highest BCUT2D eigenvalue weighted by atomic mass is 14.9. The summed E-state index contributed by atoms with van der Waals surface area (Å²) in [6, 6.07) is 10.5. The van der Waals surface area contributed by atoms with Crippen LogP contribution in [0.2, 0.25) is 0 Å². The Labute approximate surface area is 102 Å². The Morgan fingerprint density at radius 1 is 1.12 bits per heavy atom. The Balaban J connectivity index is 1.98.